The fraction of sp³-hybridized carbons (Fsp3) is 0.483. The molecule has 0 radical (unpaired) electrons. The molecular formula is C29H38N4O6. The molecule has 2 aromatic rings. The van der Waals surface area contributed by atoms with Gasteiger partial charge < -0.3 is 29.6 Å². The van der Waals surface area contributed by atoms with Crippen LogP contribution in [-0.2, 0) is 25.5 Å². The number of hydrogen-bond acceptors (Lipinski definition) is 9. The van der Waals surface area contributed by atoms with E-state index in [0.717, 1.165) is 42.7 Å². The van der Waals surface area contributed by atoms with Gasteiger partial charge in [0.05, 0.1) is 25.4 Å². The molecule has 1 fully saturated rings. The first-order valence-corrected chi connectivity index (χ1v) is 13.3. The monoisotopic (exact) mass is 538 g/mol. The molecule has 10 heteroatoms. The van der Waals surface area contributed by atoms with Crippen LogP contribution in [0.15, 0.2) is 53.5 Å². The Hall–Kier alpha value is -3.79. The fourth-order valence-corrected chi connectivity index (χ4v) is 5.24. The van der Waals surface area contributed by atoms with E-state index in [1.807, 2.05) is 53.4 Å². The van der Waals surface area contributed by atoms with Crippen molar-refractivity contribution < 1.29 is 28.5 Å². The summed E-state index contributed by atoms with van der Waals surface area (Å²) in [5, 5.41) is 0. The van der Waals surface area contributed by atoms with Crippen LogP contribution in [0.1, 0.15) is 37.7 Å². The van der Waals surface area contributed by atoms with E-state index in [1.54, 1.807) is 0 Å². The molecule has 1 aliphatic heterocycles. The van der Waals surface area contributed by atoms with Gasteiger partial charge in [0, 0.05) is 26.3 Å². The van der Waals surface area contributed by atoms with Crippen molar-refractivity contribution in [2.24, 2.45) is 16.6 Å². The van der Waals surface area contributed by atoms with Crippen molar-refractivity contribution >= 4 is 23.7 Å². The molecule has 0 unspecified atom stereocenters. The Morgan fingerprint density at radius 3 is 2.49 bits per heavy atom. The van der Waals surface area contributed by atoms with Gasteiger partial charge in [-0.3, -0.25) is 4.90 Å². The van der Waals surface area contributed by atoms with Crippen molar-refractivity contribution in [2.45, 2.75) is 50.7 Å². The van der Waals surface area contributed by atoms with Crippen molar-refractivity contribution in [3.05, 3.63) is 54.1 Å². The van der Waals surface area contributed by atoms with Crippen LogP contribution in [-0.4, -0.2) is 74.4 Å². The molecule has 0 bridgehead atoms. The van der Waals surface area contributed by atoms with Gasteiger partial charge in [0.1, 0.15) is 18.1 Å². The summed E-state index contributed by atoms with van der Waals surface area (Å²) in [4.78, 5) is 33.1. The number of nitrogens with two attached hydrogens (primary N) is 1. The van der Waals surface area contributed by atoms with Crippen molar-refractivity contribution in [3.8, 4) is 11.5 Å². The average molecular weight is 539 g/mol. The van der Waals surface area contributed by atoms with Crippen molar-refractivity contribution in [1.29, 1.82) is 0 Å². The highest BCUT2D eigenvalue weighted by molar-refractivity contribution is 5.84. The Balaban J connectivity index is 1.51. The largest absolute Gasteiger partial charge is 0.467 e. The summed E-state index contributed by atoms with van der Waals surface area (Å²) in [6.07, 6.45) is 4.82. The molecule has 0 spiro atoms. The van der Waals surface area contributed by atoms with Crippen molar-refractivity contribution in [2.75, 3.05) is 34.5 Å². The SMILES string of the molecule is COC[C@H](C(=O)OC)N(C)C(=O)OC[C@@H](C1CCCCC1)N1Cc2cc(Oc3ccccc3)ccc2N=C1N. The minimum Gasteiger partial charge on any atom is -0.467 e. The normalized spacial score (nSPS) is 16.9. The topological polar surface area (TPSA) is 116 Å². The number of hydrogen-bond donors (Lipinski definition) is 1. The molecule has 2 N–H and O–H groups in total. The minimum absolute atomic E-state index is 0.000226. The van der Waals surface area contributed by atoms with Crippen molar-refractivity contribution in [1.82, 2.24) is 9.80 Å². The number of likely N-dealkylation sites (N-methyl/N-ethyl adjacent to an activating group) is 1. The number of benzene rings is 2. The highest BCUT2D eigenvalue weighted by Gasteiger charge is 2.35. The maximum Gasteiger partial charge on any atom is 0.410 e. The van der Waals surface area contributed by atoms with E-state index < -0.39 is 18.1 Å². The number of fused-ring (bicyclic) bond motifs is 1. The number of methoxy groups -OCH3 is 2. The van der Waals surface area contributed by atoms with Gasteiger partial charge in [-0.05, 0) is 49.1 Å². The van der Waals surface area contributed by atoms with Gasteiger partial charge in [0.2, 0.25) is 0 Å². The van der Waals surface area contributed by atoms with E-state index in [9.17, 15) is 9.59 Å². The highest BCUT2D eigenvalue weighted by Crippen LogP contribution is 2.35. The van der Waals surface area contributed by atoms with Crippen LogP contribution >= 0.6 is 0 Å². The second-order valence-corrected chi connectivity index (χ2v) is 9.95. The summed E-state index contributed by atoms with van der Waals surface area (Å²) in [6.45, 7) is 0.625. The molecule has 39 heavy (non-hydrogen) atoms. The lowest BCUT2D eigenvalue weighted by Gasteiger charge is -2.41. The number of carbonyl (C=O) groups is 2. The van der Waals surface area contributed by atoms with Crippen molar-refractivity contribution in [3.63, 3.8) is 0 Å². The number of ether oxygens (including phenoxy) is 4. The van der Waals surface area contributed by atoms with Crippen LogP contribution < -0.4 is 10.5 Å². The number of amides is 1. The second kappa shape index (κ2) is 13.3. The Morgan fingerprint density at radius 1 is 1.05 bits per heavy atom. The van der Waals surface area contributed by atoms with Crippen LogP contribution in [0.3, 0.4) is 0 Å². The third-order valence-electron chi connectivity index (χ3n) is 7.42. The molecule has 1 amide bonds. The molecule has 10 nitrogen and oxygen atoms in total. The zero-order chi connectivity index (χ0) is 27.8. The smallest absolute Gasteiger partial charge is 0.410 e. The first-order valence-electron chi connectivity index (χ1n) is 13.3. The highest BCUT2D eigenvalue weighted by atomic mass is 16.6. The quantitative estimate of drug-likeness (QED) is 0.441. The molecule has 2 aliphatic rings. The van der Waals surface area contributed by atoms with Gasteiger partial charge in [-0.25, -0.2) is 14.6 Å². The molecule has 210 valence electrons. The number of esters is 1. The summed E-state index contributed by atoms with van der Waals surface area (Å²) in [7, 11) is 4.23. The Bertz CT molecular complexity index is 1150. The third-order valence-corrected chi connectivity index (χ3v) is 7.42. The van der Waals surface area contributed by atoms with Gasteiger partial charge in [-0.2, -0.15) is 0 Å². The lowest BCUT2D eigenvalue weighted by atomic mass is 9.83. The molecule has 0 saturated heterocycles. The number of carbonyl (C=O) groups excluding carboxylic acids is 2. The lowest BCUT2D eigenvalue weighted by Crippen LogP contribution is -2.52. The first-order chi connectivity index (χ1) is 18.9. The van der Waals surface area contributed by atoms with E-state index in [4.69, 9.17) is 24.7 Å². The lowest BCUT2D eigenvalue weighted by molar-refractivity contribution is -0.147. The number of nitrogens with zero attached hydrogens (tertiary/aromatic N) is 3. The summed E-state index contributed by atoms with van der Waals surface area (Å²) >= 11 is 0. The zero-order valence-corrected chi connectivity index (χ0v) is 22.9. The van der Waals surface area contributed by atoms with Crippen LogP contribution in [0.5, 0.6) is 11.5 Å². The van der Waals surface area contributed by atoms with Gasteiger partial charge in [-0.15, -0.1) is 0 Å². The standard InChI is InChI=1S/C29H38N4O6/c1-32(26(18-36-2)27(34)37-3)29(35)38-19-25(20-10-6-4-7-11-20)33-17-21-16-23(14-15-24(21)31-28(33)30)39-22-12-8-5-9-13-22/h5,8-9,12-16,20,25-26H,4,6-7,10-11,17-19H2,1-3H3,(H2,30,31)/t25-,26+/m0/s1. The van der Waals surface area contributed by atoms with Gasteiger partial charge in [0.15, 0.2) is 12.0 Å². The summed E-state index contributed by atoms with van der Waals surface area (Å²) in [5.41, 5.74) is 8.27. The summed E-state index contributed by atoms with van der Waals surface area (Å²) in [5.74, 6) is 1.57. The molecule has 1 aliphatic carbocycles. The maximum absolute atomic E-state index is 13.0. The maximum atomic E-state index is 13.0. The van der Waals surface area contributed by atoms with Gasteiger partial charge in [0.25, 0.3) is 0 Å². The van der Waals surface area contributed by atoms with E-state index >= 15 is 0 Å². The number of aliphatic imine (C=N–C) groups is 1. The molecule has 1 saturated carbocycles. The predicted molar refractivity (Wildman–Crippen MR) is 147 cm³/mol. The Kier molecular flexibility index (Phi) is 9.64. The van der Waals surface area contributed by atoms with Crippen LogP contribution in [0.4, 0.5) is 10.5 Å². The average Bonchev–Trinajstić information content (AvgIpc) is 2.96. The molecule has 2 aromatic carbocycles. The minimum atomic E-state index is -0.905. The molecule has 2 atom stereocenters. The second-order valence-electron chi connectivity index (χ2n) is 9.95. The molecule has 0 aromatic heterocycles. The van der Waals surface area contributed by atoms with Gasteiger partial charge in [-0.1, -0.05) is 37.5 Å². The summed E-state index contributed by atoms with van der Waals surface area (Å²) < 4.78 is 21.8. The summed E-state index contributed by atoms with van der Waals surface area (Å²) in [6, 6.07) is 14.3. The third kappa shape index (κ3) is 7.00. The Morgan fingerprint density at radius 2 is 1.79 bits per heavy atom. The van der Waals surface area contributed by atoms with Gasteiger partial charge >= 0.3 is 12.1 Å². The number of rotatable bonds is 10. The van der Waals surface area contributed by atoms with Crippen LogP contribution in [0.25, 0.3) is 0 Å². The van der Waals surface area contributed by atoms with E-state index in [1.165, 1.54) is 32.6 Å². The van der Waals surface area contributed by atoms with E-state index in [2.05, 4.69) is 4.99 Å². The predicted octanol–water partition coefficient (Wildman–Crippen LogP) is 4.45. The number of para-hydroxylation sites is 1. The molecule has 4 rings (SSSR count). The van der Waals surface area contributed by atoms with E-state index in [-0.39, 0.29) is 25.2 Å². The Labute approximate surface area is 229 Å². The van der Waals surface area contributed by atoms with Crippen LogP contribution in [0.2, 0.25) is 0 Å². The first kappa shape index (κ1) is 28.2. The van der Waals surface area contributed by atoms with E-state index in [0.29, 0.717) is 18.3 Å². The fourth-order valence-electron chi connectivity index (χ4n) is 5.24. The van der Waals surface area contributed by atoms with Crippen LogP contribution in [0, 0.1) is 5.92 Å². The molecule has 1 heterocycles. The number of guanidine groups is 1. The molecular weight excluding hydrogens is 500 g/mol. The zero-order valence-electron chi connectivity index (χ0n) is 22.9.